The molecule has 0 aliphatic rings. The average Bonchev–Trinajstić information content (AvgIpc) is 2.20. The highest BCUT2D eigenvalue weighted by molar-refractivity contribution is 5.78. The largest absolute Gasteiger partial charge is 0.488 e. The van der Waals surface area contributed by atoms with Crippen molar-refractivity contribution in [1.82, 2.24) is 0 Å². The molecular weight excluding hydrogens is 204 g/mol. The number of carbonyl (C=O) groups excluding carboxylic acids is 1. The van der Waals surface area contributed by atoms with Crippen LogP contribution in [0.5, 0.6) is 5.75 Å². The molecule has 0 aromatic heterocycles. The van der Waals surface area contributed by atoms with Gasteiger partial charge in [-0.3, -0.25) is 4.79 Å². The summed E-state index contributed by atoms with van der Waals surface area (Å²) in [6.45, 7) is 4.10. The quantitative estimate of drug-likeness (QED) is 0.740. The molecule has 0 bridgehead atoms. The third-order valence-corrected chi connectivity index (χ3v) is 2.12. The number of benzene rings is 1. The average molecular weight is 222 g/mol. The lowest BCUT2D eigenvalue weighted by atomic mass is 10.1. The molecule has 0 saturated heterocycles. The zero-order chi connectivity index (χ0) is 12.0. The van der Waals surface area contributed by atoms with Crippen molar-refractivity contribution in [3.05, 3.63) is 29.8 Å². The van der Waals surface area contributed by atoms with Gasteiger partial charge in [-0.15, -0.1) is 0 Å². The molecule has 0 fully saturated rings. The number of methoxy groups -OCH3 is 1. The molecular formula is C13H18O3. The molecule has 1 unspecified atom stereocenters. The Morgan fingerprint density at radius 1 is 1.31 bits per heavy atom. The van der Waals surface area contributed by atoms with E-state index in [1.807, 2.05) is 31.2 Å². The van der Waals surface area contributed by atoms with Crippen LogP contribution in [0, 0.1) is 0 Å². The highest BCUT2D eigenvalue weighted by atomic mass is 16.5. The van der Waals surface area contributed by atoms with Crippen LogP contribution in [0.2, 0.25) is 0 Å². The number of carbonyl (C=O) groups is 1. The zero-order valence-corrected chi connectivity index (χ0v) is 10.0. The van der Waals surface area contributed by atoms with Crippen LogP contribution in [-0.4, -0.2) is 25.6 Å². The SMILES string of the molecule is COCC(C)Oc1ccc(CC(C)=O)cc1. The smallest absolute Gasteiger partial charge is 0.134 e. The third-order valence-electron chi connectivity index (χ3n) is 2.12. The zero-order valence-electron chi connectivity index (χ0n) is 10.0. The lowest BCUT2D eigenvalue weighted by Crippen LogP contribution is -2.17. The van der Waals surface area contributed by atoms with Gasteiger partial charge in [0.25, 0.3) is 0 Å². The summed E-state index contributed by atoms with van der Waals surface area (Å²) in [5.41, 5.74) is 1.01. The predicted octanol–water partition coefficient (Wildman–Crippen LogP) is 2.23. The van der Waals surface area contributed by atoms with Crippen molar-refractivity contribution in [3.63, 3.8) is 0 Å². The van der Waals surface area contributed by atoms with Gasteiger partial charge < -0.3 is 9.47 Å². The van der Waals surface area contributed by atoms with Crippen LogP contribution >= 0.6 is 0 Å². The topological polar surface area (TPSA) is 35.5 Å². The molecule has 0 aliphatic heterocycles. The lowest BCUT2D eigenvalue weighted by molar-refractivity contribution is -0.116. The van der Waals surface area contributed by atoms with Gasteiger partial charge in [-0.2, -0.15) is 0 Å². The van der Waals surface area contributed by atoms with Gasteiger partial charge in [-0.1, -0.05) is 12.1 Å². The Hall–Kier alpha value is -1.35. The van der Waals surface area contributed by atoms with Crippen LogP contribution in [0.25, 0.3) is 0 Å². The second-order valence-electron chi connectivity index (χ2n) is 3.91. The Morgan fingerprint density at radius 3 is 2.44 bits per heavy atom. The number of Topliss-reactive ketones (excluding diaryl/α,β-unsaturated/α-hetero) is 1. The first-order valence-corrected chi connectivity index (χ1v) is 5.35. The summed E-state index contributed by atoms with van der Waals surface area (Å²) in [4.78, 5) is 10.9. The van der Waals surface area contributed by atoms with E-state index >= 15 is 0 Å². The number of hydrogen-bond donors (Lipinski definition) is 0. The van der Waals surface area contributed by atoms with Crippen molar-refractivity contribution in [2.24, 2.45) is 0 Å². The Morgan fingerprint density at radius 2 is 1.94 bits per heavy atom. The molecule has 3 nitrogen and oxygen atoms in total. The van der Waals surface area contributed by atoms with Gasteiger partial charge in [-0.25, -0.2) is 0 Å². The number of ether oxygens (including phenoxy) is 2. The summed E-state index contributed by atoms with van der Waals surface area (Å²) in [7, 11) is 1.65. The standard InChI is InChI=1S/C13H18O3/c1-10(14)8-12-4-6-13(7-5-12)16-11(2)9-15-3/h4-7,11H,8-9H2,1-3H3. The summed E-state index contributed by atoms with van der Waals surface area (Å²) in [5, 5.41) is 0. The molecule has 1 rings (SSSR count). The maximum absolute atomic E-state index is 10.9. The fraction of sp³-hybridized carbons (Fsp3) is 0.462. The van der Waals surface area contributed by atoms with E-state index in [2.05, 4.69) is 0 Å². The molecule has 16 heavy (non-hydrogen) atoms. The van der Waals surface area contributed by atoms with Crippen LogP contribution in [0.1, 0.15) is 19.4 Å². The molecule has 3 heteroatoms. The maximum atomic E-state index is 10.9. The van der Waals surface area contributed by atoms with E-state index < -0.39 is 0 Å². The lowest BCUT2D eigenvalue weighted by Gasteiger charge is -2.13. The minimum Gasteiger partial charge on any atom is -0.488 e. The second kappa shape index (κ2) is 6.28. The first-order chi connectivity index (χ1) is 7.61. The van der Waals surface area contributed by atoms with Crippen molar-refractivity contribution in [3.8, 4) is 5.75 Å². The molecule has 1 atom stereocenters. The number of rotatable bonds is 6. The van der Waals surface area contributed by atoms with Gasteiger partial charge in [0.1, 0.15) is 17.6 Å². The van der Waals surface area contributed by atoms with Gasteiger partial charge in [0, 0.05) is 13.5 Å². The fourth-order valence-electron chi connectivity index (χ4n) is 1.47. The van der Waals surface area contributed by atoms with Gasteiger partial charge in [-0.05, 0) is 31.5 Å². The van der Waals surface area contributed by atoms with Crippen LogP contribution < -0.4 is 4.74 Å². The maximum Gasteiger partial charge on any atom is 0.134 e. The third kappa shape index (κ3) is 4.45. The minimum absolute atomic E-state index is 0.0312. The van der Waals surface area contributed by atoms with Gasteiger partial charge in [0.05, 0.1) is 6.61 Å². The Balaban J connectivity index is 2.54. The molecule has 0 amide bonds. The van der Waals surface area contributed by atoms with Crippen LogP contribution in [-0.2, 0) is 16.0 Å². The minimum atomic E-state index is 0.0312. The van der Waals surface area contributed by atoms with Crippen molar-refractivity contribution < 1.29 is 14.3 Å². The second-order valence-corrected chi connectivity index (χ2v) is 3.91. The number of ketones is 1. The van der Waals surface area contributed by atoms with Crippen molar-refractivity contribution >= 4 is 5.78 Å². The highest BCUT2D eigenvalue weighted by Gasteiger charge is 2.03. The molecule has 0 spiro atoms. The van der Waals surface area contributed by atoms with Crippen molar-refractivity contribution in [1.29, 1.82) is 0 Å². The molecule has 0 heterocycles. The van der Waals surface area contributed by atoms with Crippen LogP contribution in [0.3, 0.4) is 0 Å². The van der Waals surface area contributed by atoms with E-state index in [4.69, 9.17) is 9.47 Å². The van der Waals surface area contributed by atoms with Gasteiger partial charge in [0.2, 0.25) is 0 Å². The fourth-order valence-corrected chi connectivity index (χ4v) is 1.47. The van der Waals surface area contributed by atoms with E-state index in [1.54, 1.807) is 14.0 Å². The molecule has 1 aromatic carbocycles. The molecule has 0 radical (unpaired) electrons. The molecule has 0 aliphatic carbocycles. The summed E-state index contributed by atoms with van der Waals surface area (Å²) in [6, 6.07) is 7.58. The number of hydrogen-bond acceptors (Lipinski definition) is 3. The van der Waals surface area contributed by atoms with Gasteiger partial charge in [0.15, 0.2) is 0 Å². The Labute approximate surface area is 96.4 Å². The van der Waals surface area contributed by atoms with E-state index in [0.717, 1.165) is 11.3 Å². The molecule has 1 aromatic rings. The monoisotopic (exact) mass is 222 g/mol. The first kappa shape index (κ1) is 12.7. The summed E-state index contributed by atoms with van der Waals surface area (Å²) >= 11 is 0. The van der Waals surface area contributed by atoms with E-state index in [1.165, 1.54) is 0 Å². The first-order valence-electron chi connectivity index (χ1n) is 5.35. The highest BCUT2D eigenvalue weighted by Crippen LogP contribution is 2.14. The van der Waals surface area contributed by atoms with E-state index in [-0.39, 0.29) is 11.9 Å². The summed E-state index contributed by atoms with van der Waals surface area (Å²) < 4.78 is 10.6. The van der Waals surface area contributed by atoms with Crippen molar-refractivity contribution in [2.75, 3.05) is 13.7 Å². The summed E-state index contributed by atoms with van der Waals surface area (Å²) in [5.74, 6) is 0.971. The summed E-state index contributed by atoms with van der Waals surface area (Å²) in [6.07, 6.45) is 0.511. The normalized spacial score (nSPS) is 12.2. The Bertz CT molecular complexity index is 330. The molecule has 88 valence electrons. The Kier molecular flexibility index (Phi) is 4.99. The van der Waals surface area contributed by atoms with Crippen LogP contribution in [0.15, 0.2) is 24.3 Å². The van der Waals surface area contributed by atoms with E-state index in [0.29, 0.717) is 13.0 Å². The van der Waals surface area contributed by atoms with Crippen LogP contribution in [0.4, 0.5) is 0 Å². The van der Waals surface area contributed by atoms with Crippen molar-refractivity contribution in [2.45, 2.75) is 26.4 Å². The van der Waals surface area contributed by atoms with Gasteiger partial charge >= 0.3 is 0 Å². The molecule has 0 N–H and O–H groups in total. The molecule has 0 saturated carbocycles. The predicted molar refractivity (Wildman–Crippen MR) is 62.8 cm³/mol. The van der Waals surface area contributed by atoms with E-state index in [9.17, 15) is 4.79 Å².